The molecule has 0 saturated heterocycles. The second kappa shape index (κ2) is 4.13. The highest BCUT2D eigenvalue weighted by molar-refractivity contribution is 5.68. The lowest BCUT2D eigenvalue weighted by atomic mass is 10.0. The Hall–Kier alpha value is -1.83. The van der Waals surface area contributed by atoms with E-state index in [9.17, 15) is 0 Å². The standard InChI is InChI=1S/C13H14N2/c1-10-4-3-5-12(11(10)2)6-7-13-14-8-9-15-13/h3-9H,1-2H3,(H,14,15)/b7-6+. The van der Waals surface area contributed by atoms with Crippen LogP contribution in [0.2, 0.25) is 0 Å². The third kappa shape index (κ3) is 2.15. The van der Waals surface area contributed by atoms with Crippen molar-refractivity contribution < 1.29 is 0 Å². The van der Waals surface area contributed by atoms with Gasteiger partial charge in [-0.1, -0.05) is 24.3 Å². The van der Waals surface area contributed by atoms with Gasteiger partial charge in [0.15, 0.2) is 0 Å². The van der Waals surface area contributed by atoms with Crippen LogP contribution in [0.15, 0.2) is 30.6 Å². The molecule has 2 aromatic rings. The third-order valence-corrected chi connectivity index (χ3v) is 2.59. The van der Waals surface area contributed by atoms with E-state index >= 15 is 0 Å². The number of imidazole rings is 1. The molecule has 2 nitrogen and oxygen atoms in total. The summed E-state index contributed by atoms with van der Waals surface area (Å²) in [6, 6.07) is 6.31. The van der Waals surface area contributed by atoms with E-state index < -0.39 is 0 Å². The first kappa shape index (κ1) is 9.71. The summed E-state index contributed by atoms with van der Waals surface area (Å²) < 4.78 is 0. The van der Waals surface area contributed by atoms with Gasteiger partial charge in [-0.05, 0) is 36.6 Å². The molecule has 0 aliphatic heterocycles. The van der Waals surface area contributed by atoms with Crippen LogP contribution in [0.5, 0.6) is 0 Å². The monoisotopic (exact) mass is 198 g/mol. The van der Waals surface area contributed by atoms with Gasteiger partial charge in [0, 0.05) is 12.4 Å². The molecule has 76 valence electrons. The molecule has 0 bridgehead atoms. The quantitative estimate of drug-likeness (QED) is 0.788. The van der Waals surface area contributed by atoms with Gasteiger partial charge in [0.1, 0.15) is 5.82 Å². The van der Waals surface area contributed by atoms with Crippen molar-refractivity contribution in [3.63, 3.8) is 0 Å². The Morgan fingerprint density at radius 3 is 2.80 bits per heavy atom. The number of aromatic nitrogens is 2. The normalized spacial score (nSPS) is 11.1. The van der Waals surface area contributed by atoms with Gasteiger partial charge < -0.3 is 4.98 Å². The van der Waals surface area contributed by atoms with E-state index in [1.54, 1.807) is 6.20 Å². The number of rotatable bonds is 2. The Bertz CT molecular complexity index is 467. The van der Waals surface area contributed by atoms with Gasteiger partial charge in [-0.25, -0.2) is 4.98 Å². The molecule has 0 spiro atoms. The van der Waals surface area contributed by atoms with Crippen molar-refractivity contribution in [3.05, 3.63) is 53.1 Å². The SMILES string of the molecule is Cc1cccc(/C=C/c2ncc[nH]2)c1C. The Labute approximate surface area is 89.7 Å². The number of benzene rings is 1. The number of aryl methyl sites for hydroxylation is 1. The highest BCUT2D eigenvalue weighted by atomic mass is 14.9. The number of hydrogen-bond donors (Lipinski definition) is 1. The van der Waals surface area contributed by atoms with Crippen LogP contribution in [0.4, 0.5) is 0 Å². The average Bonchev–Trinajstić information content (AvgIpc) is 2.73. The zero-order valence-electron chi connectivity index (χ0n) is 8.99. The summed E-state index contributed by atoms with van der Waals surface area (Å²) in [6.45, 7) is 4.26. The van der Waals surface area contributed by atoms with Crippen LogP contribution in [0, 0.1) is 13.8 Å². The van der Waals surface area contributed by atoms with Crippen molar-refractivity contribution in [1.29, 1.82) is 0 Å². The first-order valence-electron chi connectivity index (χ1n) is 5.01. The largest absolute Gasteiger partial charge is 0.345 e. The van der Waals surface area contributed by atoms with Crippen molar-refractivity contribution in [3.8, 4) is 0 Å². The molecule has 1 N–H and O–H groups in total. The van der Waals surface area contributed by atoms with Crippen LogP contribution >= 0.6 is 0 Å². The van der Waals surface area contributed by atoms with E-state index in [0.717, 1.165) is 5.82 Å². The summed E-state index contributed by atoms with van der Waals surface area (Å²) in [5.74, 6) is 0.885. The van der Waals surface area contributed by atoms with Gasteiger partial charge in [0.25, 0.3) is 0 Å². The summed E-state index contributed by atoms with van der Waals surface area (Å²) in [5, 5.41) is 0. The molecule has 0 aliphatic carbocycles. The van der Waals surface area contributed by atoms with Crippen LogP contribution in [-0.2, 0) is 0 Å². The minimum absolute atomic E-state index is 0.885. The van der Waals surface area contributed by atoms with Crippen molar-refractivity contribution >= 4 is 12.2 Å². The number of hydrogen-bond acceptors (Lipinski definition) is 1. The topological polar surface area (TPSA) is 28.7 Å². The number of nitrogens with zero attached hydrogens (tertiary/aromatic N) is 1. The van der Waals surface area contributed by atoms with E-state index in [4.69, 9.17) is 0 Å². The van der Waals surface area contributed by atoms with Crippen LogP contribution in [0.1, 0.15) is 22.5 Å². The highest BCUT2D eigenvalue weighted by Crippen LogP contribution is 2.14. The van der Waals surface area contributed by atoms with E-state index in [2.05, 4.69) is 48.1 Å². The molecule has 2 heteroatoms. The molecule has 0 amide bonds. The maximum Gasteiger partial charge on any atom is 0.129 e. The second-order valence-electron chi connectivity index (χ2n) is 3.60. The van der Waals surface area contributed by atoms with Gasteiger partial charge in [0.05, 0.1) is 0 Å². The Balaban J connectivity index is 2.28. The molecular formula is C13H14N2. The number of nitrogens with one attached hydrogen (secondary N) is 1. The molecule has 0 aliphatic rings. The van der Waals surface area contributed by atoms with Crippen LogP contribution < -0.4 is 0 Å². The minimum Gasteiger partial charge on any atom is -0.345 e. The molecule has 1 heterocycles. The summed E-state index contributed by atoms with van der Waals surface area (Å²) in [6.07, 6.45) is 7.65. The van der Waals surface area contributed by atoms with E-state index in [1.165, 1.54) is 16.7 Å². The lowest BCUT2D eigenvalue weighted by Crippen LogP contribution is -1.84. The maximum atomic E-state index is 4.14. The summed E-state index contributed by atoms with van der Waals surface area (Å²) in [7, 11) is 0. The van der Waals surface area contributed by atoms with E-state index in [0.29, 0.717) is 0 Å². The summed E-state index contributed by atoms with van der Waals surface area (Å²) in [5.41, 5.74) is 3.88. The predicted octanol–water partition coefficient (Wildman–Crippen LogP) is 3.20. The van der Waals surface area contributed by atoms with Gasteiger partial charge in [-0.2, -0.15) is 0 Å². The molecule has 0 radical (unpaired) electrons. The zero-order chi connectivity index (χ0) is 10.7. The van der Waals surface area contributed by atoms with E-state index in [-0.39, 0.29) is 0 Å². The fourth-order valence-corrected chi connectivity index (χ4v) is 1.49. The third-order valence-electron chi connectivity index (χ3n) is 2.59. The average molecular weight is 198 g/mol. The Morgan fingerprint density at radius 2 is 2.07 bits per heavy atom. The second-order valence-corrected chi connectivity index (χ2v) is 3.60. The van der Waals surface area contributed by atoms with Crippen LogP contribution in [0.3, 0.4) is 0 Å². The zero-order valence-corrected chi connectivity index (χ0v) is 8.99. The van der Waals surface area contributed by atoms with Crippen molar-refractivity contribution in [2.24, 2.45) is 0 Å². The first-order chi connectivity index (χ1) is 7.27. The molecule has 1 aromatic heterocycles. The van der Waals surface area contributed by atoms with Crippen molar-refractivity contribution in [2.45, 2.75) is 13.8 Å². The van der Waals surface area contributed by atoms with Crippen molar-refractivity contribution in [1.82, 2.24) is 9.97 Å². The van der Waals surface area contributed by atoms with Gasteiger partial charge in [-0.3, -0.25) is 0 Å². The van der Waals surface area contributed by atoms with Gasteiger partial charge in [0.2, 0.25) is 0 Å². The van der Waals surface area contributed by atoms with Gasteiger partial charge >= 0.3 is 0 Å². The molecule has 0 fully saturated rings. The number of aromatic amines is 1. The van der Waals surface area contributed by atoms with Gasteiger partial charge in [-0.15, -0.1) is 0 Å². The Morgan fingerprint density at radius 1 is 1.20 bits per heavy atom. The van der Waals surface area contributed by atoms with Crippen molar-refractivity contribution in [2.75, 3.05) is 0 Å². The molecular weight excluding hydrogens is 184 g/mol. The summed E-state index contributed by atoms with van der Waals surface area (Å²) in [4.78, 5) is 7.18. The first-order valence-corrected chi connectivity index (χ1v) is 5.01. The summed E-state index contributed by atoms with van der Waals surface area (Å²) >= 11 is 0. The molecule has 0 saturated carbocycles. The van der Waals surface area contributed by atoms with Crippen LogP contribution in [-0.4, -0.2) is 9.97 Å². The predicted molar refractivity (Wildman–Crippen MR) is 63.4 cm³/mol. The molecule has 0 atom stereocenters. The number of H-pyrrole nitrogens is 1. The van der Waals surface area contributed by atoms with Crippen LogP contribution in [0.25, 0.3) is 12.2 Å². The lowest BCUT2D eigenvalue weighted by Gasteiger charge is -2.02. The lowest BCUT2D eigenvalue weighted by molar-refractivity contribution is 1.27. The maximum absolute atomic E-state index is 4.14. The van der Waals surface area contributed by atoms with E-state index in [1.807, 2.05) is 12.3 Å². The molecule has 1 aromatic carbocycles. The highest BCUT2D eigenvalue weighted by Gasteiger charge is 1.96. The fraction of sp³-hybridized carbons (Fsp3) is 0.154. The molecule has 15 heavy (non-hydrogen) atoms. The molecule has 2 rings (SSSR count). The fourth-order valence-electron chi connectivity index (χ4n) is 1.49. The Kier molecular flexibility index (Phi) is 2.68. The molecule has 0 unspecified atom stereocenters. The minimum atomic E-state index is 0.885. The smallest absolute Gasteiger partial charge is 0.129 e.